The lowest BCUT2D eigenvalue weighted by molar-refractivity contribution is -0.127. The van der Waals surface area contributed by atoms with E-state index in [0.29, 0.717) is 33.8 Å². The van der Waals surface area contributed by atoms with Gasteiger partial charge in [0.1, 0.15) is 6.54 Å². The van der Waals surface area contributed by atoms with E-state index < -0.39 is 31.1 Å². The molecule has 0 aromatic carbocycles. The molecule has 0 aliphatic carbocycles. The molecule has 0 saturated heterocycles. The number of carbonyl (C=O) groups is 1. The summed E-state index contributed by atoms with van der Waals surface area (Å²) in [5.41, 5.74) is 1.57. The Labute approximate surface area is 186 Å². The Morgan fingerprint density at radius 3 is 2.52 bits per heavy atom. The van der Waals surface area contributed by atoms with E-state index >= 15 is 0 Å². The third-order valence-corrected chi connectivity index (χ3v) is 5.47. The standard InChI is InChI=1S/C22H20F5N5O/c1-12-4-16(14-5-13(7-28-8-14)6-22(25,26)27)30-19-18(12)20(33)32(21(19,2)3)15-9-29-31(10-15)11-17(23)24/h4-5,7-10,17H,6,11H2,1-3H3. The number of carbonyl (C=O) groups excluding carboxylic acids is 1. The van der Waals surface area contributed by atoms with Crippen LogP contribution in [0.1, 0.15) is 41.0 Å². The molecule has 4 rings (SSSR count). The number of pyridine rings is 2. The maximum atomic E-state index is 13.3. The third kappa shape index (κ3) is 4.31. The van der Waals surface area contributed by atoms with Crippen LogP contribution in [-0.2, 0) is 18.5 Å². The number of rotatable bonds is 5. The zero-order chi connectivity index (χ0) is 24.1. The number of hydrogen-bond acceptors (Lipinski definition) is 4. The first-order valence-corrected chi connectivity index (χ1v) is 10.0. The first-order valence-electron chi connectivity index (χ1n) is 10.0. The number of aromatic nitrogens is 4. The molecular weight excluding hydrogens is 445 g/mol. The lowest BCUT2D eigenvalue weighted by atomic mass is 9.96. The monoisotopic (exact) mass is 465 g/mol. The van der Waals surface area contributed by atoms with E-state index in [-0.39, 0.29) is 11.5 Å². The van der Waals surface area contributed by atoms with Gasteiger partial charge in [-0.05, 0) is 44.0 Å². The van der Waals surface area contributed by atoms with Crippen LogP contribution in [0, 0.1) is 6.92 Å². The van der Waals surface area contributed by atoms with Crippen LogP contribution in [0.25, 0.3) is 11.3 Å². The summed E-state index contributed by atoms with van der Waals surface area (Å²) in [6, 6.07) is 3.01. The minimum Gasteiger partial charge on any atom is -0.294 e. The average Bonchev–Trinajstić information content (AvgIpc) is 3.20. The van der Waals surface area contributed by atoms with Gasteiger partial charge >= 0.3 is 6.18 Å². The van der Waals surface area contributed by atoms with Gasteiger partial charge in [0.15, 0.2) is 0 Å². The highest BCUT2D eigenvalue weighted by atomic mass is 19.4. The van der Waals surface area contributed by atoms with Crippen LogP contribution in [0.3, 0.4) is 0 Å². The van der Waals surface area contributed by atoms with Crippen molar-refractivity contribution in [1.29, 1.82) is 0 Å². The summed E-state index contributed by atoms with van der Waals surface area (Å²) in [6.45, 7) is 4.64. The number of fused-ring (bicyclic) bond motifs is 1. The van der Waals surface area contributed by atoms with Gasteiger partial charge in [0.2, 0.25) is 0 Å². The van der Waals surface area contributed by atoms with Gasteiger partial charge in [0.25, 0.3) is 12.3 Å². The zero-order valence-electron chi connectivity index (χ0n) is 18.0. The molecule has 0 saturated carbocycles. The Balaban J connectivity index is 1.74. The Bertz CT molecular complexity index is 1220. The summed E-state index contributed by atoms with van der Waals surface area (Å²) in [7, 11) is 0. The number of nitrogens with zero attached hydrogens (tertiary/aromatic N) is 5. The van der Waals surface area contributed by atoms with E-state index in [1.54, 1.807) is 26.8 Å². The fraction of sp³-hybridized carbons (Fsp3) is 0.364. The van der Waals surface area contributed by atoms with Crippen molar-refractivity contribution in [2.24, 2.45) is 0 Å². The van der Waals surface area contributed by atoms with Gasteiger partial charge in [-0.3, -0.25) is 19.4 Å². The van der Waals surface area contributed by atoms with Gasteiger partial charge in [-0.1, -0.05) is 0 Å². The molecule has 0 N–H and O–H groups in total. The zero-order valence-corrected chi connectivity index (χ0v) is 18.0. The fourth-order valence-electron chi connectivity index (χ4n) is 4.11. The Hall–Kier alpha value is -3.37. The molecule has 0 atom stereocenters. The molecule has 1 aliphatic rings. The van der Waals surface area contributed by atoms with Gasteiger partial charge in [-0.2, -0.15) is 18.3 Å². The van der Waals surface area contributed by atoms with Crippen molar-refractivity contribution < 1.29 is 26.7 Å². The molecule has 174 valence electrons. The molecule has 6 nitrogen and oxygen atoms in total. The summed E-state index contributed by atoms with van der Waals surface area (Å²) in [4.78, 5) is 23.3. The molecule has 3 aromatic rings. The number of hydrogen-bond donors (Lipinski definition) is 0. The molecule has 0 fully saturated rings. The topological polar surface area (TPSA) is 63.9 Å². The van der Waals surface area contributed by atoms with E-state index in [1.165, 1.54) is 29.6 Å². The number of amides is 1. The van der Waals surface area contributed by atoms with Crippen molar-refractivity contribution in [3.8, 4) is 11.3 Å². The first kappa shape index (κ1) is 22.8. The number of halogens is 5. The van der Waals surface area contributed by atoms with Crippen LogP contribution in [0.15, 0.2) is 36.9 Å². The minimum atomic E-state index is -4.37. The van der Waals surface area contributed by atoms with Gasteiger partial charge in [-0.15, -0.1) is 0 Å². The molecule has 3 aromatic heterocycles. The predicted molar refractivity (Wildman–Crippen MR) is 110 cm³/mol. The van der Waals surface area contributed by atoms with E-state index in [4.69, 9.17) is 0 Å². The van der Waals surface area contributed by atoms with Crippen LogP contribution < -0.4 is 4.90 Å². The van der Waals surface area contributed by atoms with Crippen molar-refractivity contribution in [1.82, 2.24) is 19.7 Å². The van der Waals surface area contributed by atoms with E-state index in [0.717, 1.165) is 10.9 Å². The SMILES string of the molecule is Cc1cc(-c2cncc(CC(F)(F)F)c2)nc2c1C(=O)N(c1cnn(CC(F)F)c1)C2(C)C. The molecule has 0 spiro atoms. The summed E-state index contributed by atoms with van der Waals surface area (Å²) >= 11 is 0. The molecule has 0 unspecified atom stereocenters. The summed E-state index contributed by atoms with van der Waals surface area (Å²) in [5.74, 6) is -0.355. The fourth-order valence-corrected chi connectivity index (χ4v) is 4.11. The first-order chi connectivity index (χ1) is 15.4. The summed E-state index contributed by atoms with van der Waals surface area (Å²) < 4.78 is 64.9. The lowest BCUT2D eigenvalue weighted by Crippen LogP contribution is -2.39. The average molecular weight is 465 g/mol. The highest BCUT2D eigenvalue weighted by molar-refractivity contribution is 6.12. The maximum absolute atomic E-state index is 13.3. The second-order valence-corrected chi connectivity index (χ2v) is 8.43. The molecule has 4 heterocycles. The molecule has 1 amide bonds. The smallest absolute Gasteiger partial charge is 0.294 e. The normalized spacial score (nSPS) is 15.4. The van der Waals surface area contributed by atoms with Gasteiger partial charge < -0.3 is 0 Å². The largest absolute Gasteiger partial charge is 0.393 e. The summed E-state index contributed by atoms with van der Waals surface area (Å²) in [5, 5.41) is 3.91. The van der Waals surface area contributed by atoms with Crippen LogP contribution >= 0.6 is 0 Å². The number of anilines is 1. The number of alkyl halides is 5. The highest BCUT2D eigenvalue weighted by Crippen LogP contribution is 2.43. The van der Waals surface area contributed by atoms with Gasteiger partial charge in [0.05, 0.1) is 40.8 Å². The van der Waals surface area contributed by atoms with Crippen LogP contribution in [0.2, 0.25) is 0 Å². The van der Waals surface area contributed by atoms with Gasteiger partial charge in [-0.25, -0.2) is 13.8 Å². The Kier molecular flexibility index (Phi) is 5.45. The van der Waals surface area contributed by atoms with Crippen LogP contribution in [0.5, 0.6) is 0 Å². The van der Waals surface area contributed by atoms with Crippen molar-refractivity contribution >= 4 is 11.6 Å². The van der Waals surface area contributed by atoms with Crippen molar-refractivity contribution in [2.45, 2.75) is 51.9 Å². The molecule has 11 heteroatoms. The maximum Gasteiger partial charge on any atom is 0.393 e. The molecule has 0 radical (unpaired) electrons. The molecule has 1 aliphatic heterocycles. The summed E-state index contributed by atoms with van der Waals surface area (Å²) in [6.07, 6.45) is -2.78. The molecule has 0 bridgehead atoms. The van der Waals surface area contributed by atoms with E-state index in [1.807, 2.05) is 0 Å². The van der Waals surface area contributed by atoms with Crippen LogP contribution in [-0.4, -0.2) is 38.3 Å². The second-order valence-electron chi connectivity index (χ2n) is 8.43. The third-order valence-electron chi connectivity index (χ3n) is 5.47. The predicted octanol–water partition coefficient (Wildman–Crippen LogP) is 4.91. The van der Waals surface area contributed by atoms with Crippen molar-refractivity contribution in [3.05, 3.63) is 59.3 Å². The molecular formula is C22H20F5N5O. The second kappa shape index (κ2) is 7.89. The minimum absolute atomic E-state index is 0.00311. The van der Waals surface area contributed by atoms with Crippen LogP contribution in [0.4, 0.5) is 27.6 Å². The Morgan fingerprint density at radius 1 is 1.12 bits per heavy atom. The highest BCUT2D eigenvalue weighted by Gasteiger charge is 2.47. The quantitative estimate of drug-likeness (QED) is 0.502. The van der Waals surface area contributed by atoms with E-state index in [2.05, 4.69) is 15.1 Å². The Morgan fingerprint density at radius 2 is 1.85 bits per heavy atom. The molecule has 33 heavy (non-hydrogen) atoms. The number of aryl methyl sites for hydroxylation is 1. The lowest BCUT2D eigenvalue weighted by Gasteiger charge is -2.30. The van der Waals surface area contributed by atoms with Crippen molar-refractivity contribution in [3.63, 3.8) is 0 Å². The van der Waals surface area contributed by atoms with Gasteiger partial charge in [0, 0.05) is 24.2 Å². The van der Waals surface area contributed by atoms with Crippen molar-refractivity contribution in [2.75, 3.05) is 4.90 Å². The van der Waals surface area contributed by atoms with E-state index in [9.17, 15) is 26.7 Å².